The summed E-state index contributed by atoms with van der Waals surface area (Å²) in [5, 5.41) is 10.2. The molecule has 13 heteroatoms. The molecule has 5 atom stereocenters. The SMILES string of the molecule is Br.CC(=O)OC[C@H]1O[C@@H](NC(=N)[SeH])[C@H](OC(C)=O)[C@@H](OC(C)=O)[C@@H]1OC(C)=O. The van der Waals surface area contributed by atoms with Gasteiger partial charge in [0.05, 0.1) is 0 Å². The zero-order valence-electron chi connectivity index (χ0n) is 15.6. The number of carbonyl (C=O) groups is 4. The van der Waals surface area contributed by atoms with Crippen molar-refractivity contribution in [3.8, 4) is 0 Å². The fourth-order valence-corrected chi connectivity index (χ4v) is 2.75. The third-order valence-electron chi connectivity index (χ3n) is 3.27. The normalized spacial score (nSPS) is 26.1. The molecular weight excluding hydrogens is 511 g/mol. The Kier molecular flexibility index (Phi) is 11.3. The van der Waals surface area contributed by atoms with Crippen LogP contribution in [0.25, 0.3) is 0 Å². The number of nitrogens with one attached hydrogen (secondary N) is 2. The number of carbonyl (C=O) groups excluding carboxylic acids is 4. The average Bonchev–Trinajstić information content (AvgIpc) is 2.49. The summed E-state index contributed by atoms with van der Waals surface area (Å²) in [6.45, 7) is 4.28. The predicted octanol–water partition coefficient (Wildman–Crippen LogP) is -0.927. The van der Waals surface area contributed by atoms with Crippen LogP contribution in [0.4, 0.5) is 0 Å². The van der Waals surface area contributed by atoms with Crippen LogP contribution in [0.1, 0.15) is 27.7 Å². The standard InChI is InChI=1S/C15H22N2O9Se.BrH/c1-6(18)22-5-10-11(23-7(2)19)12(24-8(3)20)13(25-9(4)21)14(26-10)17-15(16)27;/h10-14H,5H2,1-4H3,(H3,16,17,27);1H/t10-,11-,12+,13-,14-;/m1./s1. The van der Waals surface area contributed by atoms with Gasteiger partial charge < -0.3 is 0 Å². The first-order valence-corrected chi connectivity index (χ1v) is 8.79. The number of ether oxygens (including phenoxy) is 5. The molecule has 1 fully saturated rings. The van der Waals surface area contributed by atoms with Gasteiger partial charge >= 0.3 is 163 Å². The molecule has 0 aliphatic carbocycles. The molecule has 0 bridgehead atoms. The second-order valence-electron chi connectivity index (χ2n) is 5.61. The molecule has 1 aliphatic rings. The zero-order chi connectivity index (χ0) is 20.7. The molecule has 1 heterocycles. The second-order valence-corrected chi connectivity index (χ2v) is 6.55. The van der Waals surface area contributed by atoms with Crippen LogP contribution >= 0.6 is 17.0 Å². The number of hydrogen-bond donors (Lipinski definition) is 2. The third-order valence-corrected chi connectivity index (χ3v) is 3.54. The molecule has 1 rings (SSSR count). The van der Waals surface area contributed by atoms with Crippen molar-refractivity contribution in [2.45, 2.75) is 58.3 Å². The summed E-state index contributed by atoms with van der Waals surface area (Å²) in [4.78, 5) is 45.8. The molecule has 0 aromatic rings. The maximum absolute atomic E-state index is 11.6. The van der Waals surface area contributed by atoms with Crippen LogP contribution in [-0.2, 0) is 42.9 Å². The summed E-state index contributed by atoms with van der Waals surface area (Å²) >= 11 is 1.91. The van der Waals surface area contributed by atoms with E-state index in [2.05, 4.69) is 5.32 Å². The Bertz CT molecular complexity index is 618. The van der Waals surface area contributed by atoms with Crippen molar-refractivity contribution in [3.05, 3.63) is 0 Å². The quantitative estimate of drug-likeness (QED) is 0.144. The Morgan fingerprint density at radius 3 is 1.79 bits per heavy atom. The summed E-state index contributed by atoms with van der Waals surface area (Å²) in [7, 11) is 0. The summed E-state index contributed by atoms with van der Waals surface area (Å²) in [5.74, 6) is -2.73. The Hall–Kier alpha value is -1.69. The van der Waals surface area contributed by atoms with E-state index in [4.69, 9.17) is 29.1 Å². The van der Waals surface area contributed by atoms with Gasteiger partial charge in [0, 0.05) is 0 Å². The van der Waals surface area contributed by atoms with Gasteiger partial charge in [-0.15, -0.1) is 17.0 Å². The number of halogens is 1. The topological polar surface area (TPSA) is 150 Å². The minimum absolute atomic E-state index is 0. The van der Waals surface area contributed by atoms with Crippen molar-refractivity contribution in [1.82, 2.24) is 5.32 Å². The van der Waals surface area contributed by atoms with Crippen LogP contribution in [0, 0.1) is 5.41 Å². The molecule has 0 radical (unpaired) electrons. The van der Waals surface area contributed by atoms with Gasteiger partial charge in [-0.3, -0.25) is 0 Å². The van der Waals surface area contributed by atoms with Gasteiger partial charge in [0.1, 0.15) is 0 Å². The van der Waals surface area contributed by atoms with Crippen molar-refractivity contribution < 1.29 is 42.9 Å². The number of amidine groups is 1. The number of hydrogen-bond acceptors (Lipinski definition) is 10. The molecule has 0 amide bonds. The first-order chi connectivity index (χ1) is 12.5. The summed E-state index contributed by atoms with van der Waals surface area (Å²) in [5.41, 5.74) is 0. The minimum atomic E-state index is -1.26. The molecule has 1 aliphatic heterocycles. The van der Waals surface area contributed by atoms with Gasteiger partial charge in [0.25, 0.3) is 0 Å². The molecule has 1 saturated heterocycles. The Morgan fingerprint density at radius 1 is 0.893 bits per heavy atom. The first kappa shape index (κ1) is 26.3. The molecule has 0 unspecified atom stereocenters. The monoisotopic (exact) mass is 534 g/mol. The summed E-state index contributed by atoms with van der Waals surface area (Å²) in [6, 6.07) is 0. The van der Waals surface area contributed by atoms with Gasteiger partial charge in [0.2, 0.25) is 0 Å². The van der Waals surface area contributed by atoms with Crippen LogP contribution in [0.15, 0.2) is 0 Å². The first-order valence-electron chi connectivity index (χ1n) is 7.85. The van der Waals surface area contributed by atoms with Gasteiger partial charge in [0.15, 0.2) is 0 Å². The molecule has 160 valence electrons. The summed E-state index contributed by atoms with van der Waals surface area (Å²) < 4.78 is 26.2. The predicted molar refractivity (Wildman–Crippen MR) is 100 cm³/mol. The fourth-order valence-electron chi connectivity index (χ4n) is 2.48. The van der Waals surface area contributed by atoms with Gasteiger partial charge in [-0.1, -0.05) is 0 Å². The molecule has 28 heavy (non-hydrogen) atoms. The molecule has 0 aromatic carbocycles. The van der Waals surface area contributed by atoms with E-state index in [1.807, 2.05) is 16.0 Å². The van der Waals surface area contributed by atoms with E-state index in [0.717, 1.165) is 20.8 Å². The molecule has 0 spiro atoms. The molecule has 2 N–H and O–H groups in total. The van der Waals surface area contributed by atoms with Crippen LogP contribution in [0.3, 0.4) is 0 Å². The third kappa shape index (κ3) is 8.55. The van der Waals surface area contributed by atoms with E-state index in [1.54, 1.807) is 0 Å². The van der Waals surface area contributed by atoms with Crippen LogP contribution in [0.2, 0.25) is 0 Å². The van der Waals surface area contributed by atoms with E-state index in [0.29, 0.717) is 0 Å². The Morgan fingerprint density at radius 2 is 1.36 bits per heavy atom. The molecule has 0 aromatic heterocycles. The fraction of sp³-hybridized carbons (Fsp3) is 0.667. The van der Waals surface area contributed by atoms with Gasteiger partial charge in [-0.2, -0.15) is 0 Å². The van der Waals surface area contributed by atoms with E-state index < -0.39 is 54.5 Å². The van der Waals surface area contributed by atoms with Gasteiger partial charge in [-0.25, -0.2) is 0 Å². The van der Waals surface area contributed by atoms with E-state index in [-0.39, 0.29) is 28.3 Å². The number of esters is 4. The van der Waals surface area contributed by atoms with E-state index in [1.165, 1.54) is 6.92 Å². The van der Waals surface area contributed by atoms with Crippen molar-refractivity contribution in [3.63, 3.8) is 0 Å². The van der Waals surface area contributed by atoms with Crippen molar-refractivity contribution >= 4 is 61.6 Å². The molecule has 0 saturated carbocycles. The Labute approximate surface area is 180 Å². The van der Waals surface area contributed by atoms with Crippen LogP contribution < -0.4 is 5.32 Å². The number of rotatable bonds is 6. The van der Waals surface area contributed by atoms with Crippen LogP contribution in [-0.4, -0.2) is 81.9 Å². The van der Waals surface area contributed by atoms with Crippen molar-refractivity contribution in [1.29, 1.82) is 5.41 Å². The molecular formula is C15H23BrN2O9Se. The second kappa shape index (κ2) is 12.0. The van der Waals surface area contributed by atoms with E-state index >= 15 is 0 Å². The maximum atomic E-state index is 11.6. The van der Waals surface area contributed by atoms with E-state index in [9.17, 15) is 19.2 Å². The zero-order valence-corrected chi connectivity index (χ0v) is 19.2. The van der Waals surface area contributed by atoms with Crippen molar-refractivity contribution in [2.75, 3.05) is 6.61 Å². The van der Waals surface area contributed by atoms with Crippen molar-refractivity contribution in [2.24, 2.45) is 0 Å². The Balaban J connectivity index is 0.00000729. The average molecular weight is 534 g/mol. The van der Waals surface area contributed by atoms with Crippen LogP contribution in [0.5, 0.6) is 0 Å². The summed E-state index contributed by atoms with van der Waals surface area (Å²) in [6.07, 6.45) is -5.86. The molecule has 11 nitrogen and oxygen atoms in total. The van der Waals surface area contributed by atoms with Gasteiger partial charge in [-0.05, 0) is 0 Å².